The molecule has 0 aliphatic carbocycles. The number of imidazole rings is 1. The summed E-state index contributed by atoms with van der Waals surface area (Å²) >= 11 is 0. The Morgan fingerprint density at radius 3 is 3.10 bits per heavy atom. The molecule has 1 aliphatic heterocycles. The Balaban J connectivity index is 2.26. The van der Waals surface area contributed by atoms with E-state index in [1.807, 2.05) is 0 Å². The van der Waals surface area contributed by atoms with E-state index in [1.165, 1.54) is 7.11 Å². The fourth-order valence-corrected chi connectivity index (χ4v) is 2.68. The standard InChI is InChI=1S/C14H24N4O2/c1-3-7-18-11-16-10-12(18)13(14(19)20-2)17-8-4-5-15-6-9-17/h10-11,13,15H,3-9H2,1-2H3. The van der Waals surface area contributed by atoms with Crippen LogP contribution in [-0.4, -0.2) is 53.7 Å². The van der Waals surface area contributed by atoms with Gasteiger partial charge in [-0.2, -0.15) is 0 Å². The van der Waals surface area contributed by atoms with Gasteiger partial charge in [0.1, 0.15) is 0 Å². The predicted molar refractivity (Wildman–Crippen MR) is 76.3 cm³/mol. The zero-order chi connectivity index (χ0) is 14.4. The minimum absolute atomic E-state index is 0.204. The lowest BCUT2D eigenvalue weighted by Gasteiger charge is -2.28. The van der Waals surface area contributed by atoms with Gasteiger partial charge < -0.3 is 14.6 Å². The van der Waals surface area contributed by atoms with Crippen LogP contribution in [0.3, 0.4) is 0 Å². The zero-order valence-corrected chi connectivity index (χ0v) is 12.3. The van der Waals surface area contributed by atoms with E-state index in [2.05, 4.69) is 26.7 Å². The van der Waals surface area contributed by atoms with Gasteiger partial charge >= 0.3 is 5.97 Å². The average molecular weight is 280 g/mol. The minimum Gasteiger partial charge on any atom is -0.468 e. The van der Waals surface area contributed by atoms with Gasteiger partial charge in [-0.1, -0.05) is 6.92 Å². The maximum absolute atomic E-state index is 12.3. The van der Waals surface area contributed by atoms with E-state index in [9.17, 15) is 4.79 Å². The van der Waals surface area contributed by atoms with Crippen LogP contribution in [0.25, 0.3) is 0 Å². The lowest BCUT2D eigenvalue weighted by Crippen LogP contribution is -2.38. The Bertz CT molecular complexity index is 425. The molecule has 1 aromatic rings. The molecule has 0 radical (unpaired) electrons. The number of esters is 1. The van der Waals surface area contributed by atoms with Crippen LogP contribution in [0.4, 0.5) is 0 Å². The first-order valence-corrected chi connectivity index (χ1v) is 7.30. The summed E-state index contributed by atoms with van der Waals surface area (Å²) in [5.74, 6) is -0.204. The molecule has 6 heteroatoms. The summed E-state index contributed by atoms with van der Waals surface area (Å²) in [6, 6.07) is -0.353. The lowest BCUT2D eigenvalue weighted by atomic mass is 10.1. The number of rotatable bonds is 5. The number of aryl methyl sites for hydroxylation is 1. The number of nitrogens with one attached hydrogen (secondary N) is 1. The molecule has 1 atom stereocenters. The molecule has 1 N–H and O–H groups in total. The van der Waals surface area contributed by atoms with Crippen LogP contribution in [0.15, 0.2) is 12.5 Å². The Labute approximate surface area is 120 Å². The summed E-state index contributed by atoms with van der Waals surface area (Å²) in [6.07, 6.45) is 5.63. The number of carbonyl (C=O) groups is 1. The van der Waals surface area contributed by atoms with Gasteiger partial charge in [0.25, 0.3) is 0 Å². The normalized spacial score (nSPS) is 18.5. The van der Waals surface area contributed by atoms with Crippen LogP contribution in [0, 0.1) is 0 Å². The summed E-state index contributed by atoms with van der Waals surface area (Å²) in [7, 11) is 1.45. The Morgan fingerprint density at radius 2 is 2.35 bits per heavy atom. The van der Waals surface area contributed by atoms with Crippen LogP contribution >= 0.6 is 0 Å². The van der Waals surface area contributed by atoms with Gasteiger partial charge in [-0.05, 0) is 19.4 Å². The highest BCUT2D eigenvalue weighted by molar-refractivity contribution is 5.77. The SMILES string of the molecule is CCCn1cncc1C(C(=O)OC)N1CCCNCC1. The summed E-state index contributed by atoms with van der Waals surface area (Å²) in [5, 5.41) is 3.36. The van der Waals surface area contributed by atoms with Crippen LogP contribution in [-0.2, 0) is 16.1 Å². The van der Waals surface area contributed by atoms with Gasteiger partial charge in [0.05, 0.1) is 25.3 Å². The van der Waals surface area contributed by atoms with Crippen molar-refractivity contribution >= 4 is 5.97 Å². The zero-order valence-electron chi connectivity index (χ0n) is 12.3. The second-order valence-corrected chi connectivity index (χ2v) is 5.08. The van der Waals surface area contributed by atoms with Crippen molar-refractivity contribution < 1.29 is 9.53 Å². The molecule has 20 heavy (non-hydrogen) atoms. The van der Waals surface area contributed by atoms with Crippen molar-refractivity contribution in [1.29, 1.82) is 0 Å². The number of hydrogen-bond donors (Lipinski definition) is 1. The Morgan fingerprint density at radius 1 is 1.50 bits per heavy atom. The Kier molecular flexibility index (Phi) is 5.55. The first-order valence-electron chi connectivity index (χ1n) is 7.30. The number of carbonyl (C=O) groups excluding carboxylic acids is 1. The fourth-order valence-electron chi connectivity index (χ4n) is 2.68. The predicted octanol–water partition coefficient (Wildman–Crippen LogP) is 0.802. The molecule has 1 fully saturated rings. The molecule has 1 aliphatic rings. The molecule has 0 aromatic carbocycles. The third-order valence-corrected chi connectivity index (χ3v) is 3.65. The van der Waals surface area contributed by atoms with Crippen LogP contribution in [0.5, 0.6) is 0 Å². The average Bonchev–Trinajstić information content (AvgIpc) is 2.74. The van der Waals surface area contributed by atoms with E-state index in [0.29, 0.717) is 0 Å². The second-order valence-electron chi connectivity index (χ2n) is 5.08. The van der Waals surface area contributed by atoms with Gasteiger partial charge in [-0.25, -0.2) is 9.78 Å². The molecule has 2 rings (SSSR count). The van der Waals surface area contributed by atoms with Crippen molar-refractivity contribution in [3.63, 3.8) is 0 Å². The molecule has 1 saturated heterocycles. The smallest absolute Gasteiger partial charge is 0.329 e. The maximum atomic E-state index is 12.3. The van der Waals surface area contributed by atoms with Crippen molar-refractivity contribution in [3.8, 4) is 0 Å². The summed E-state index contributed by atoms with van der Waals surface area (Å²) in [4.78, 5) is 18.7. The maximum Gasteiger partial charge on any atom is 0.329 e. The Hall–Kier alpha value is -1.40. The first kappa shape index (κ1) is 15.0. The van der Waals surface area contributed by atoms with E-state index >= 15 is 0 Å². The van der Waals surface area contributed by atoms with Gasteiger partial charge in [0.2, 0.25) is 0 Å². The van der Waals surface area contributed by atoms with Crippen LogP contribution < -0.4 is 5.32 Å². The van der Waals surface area contributed by atoms with Crippen LogP contribution in [0.1, 0.15) is 31.5 Å². The molecule has 1 unspecified atom stereocenters. The van der Waals surface area contributed by atoms with Crippen molar-refractivity contribution in [2.24, 2.45) is 0 Å². The second kappa shape index (κ2) is 7.40. The quantitative estimate of drug-likeness (QED) is 0.809. The van der Waals surface area contributed by atoms with Crippen molar-refractivity contribution in [3.05, 3.63) is 18.2 Å². The number of aromatic nitrogens is 2. The molecule has 0 bridgehead atoms. The van der Waals surface area contributed by atoms with Gasteiger partial charge in [-0.15, -0.1) is 0 Å². The van der Waals surface area contributed by atoms with E-state index in [-0.39, 0.29) is 12.0 Å². The number of nitrogens with zero attached hydrogens (tertiary/aromatic N) is 3. The van der Waals surface area contributed by atoms with Crippen LogP contribution in [0.2, 0.25) is 0 Å². The highest BCUT2D eigenvalue weighted by Gasteiger charge is 2.31. The number of hydrogen-bond acceptors (Lipinski definition) is 5. The van der Waals surface area contributed by atoms with E-state index in [0.717, 1.165) is 51.3 Å². The molecular formula is C14H24N4O2. The topological polar surface area (TPSA) is 59.4 Å². The monoisotopic (exact) mass is 280 g/mol. The molecule has 0 saturated carbocycles. The molecular weight excluding hydrogens is 256 g/mol. The van der Waals surface area contributed by atoms with E-state index in [1.54, 1.807) is 12.5 Å². The highest BCUT2D eigenvalue weighted by Crippen LogP contribution is 2.23. The number of ether oxygens (including phenoxy) is 1. The van der Waals surface area contributed by atoms with Crippen molar-refractivity contribution in [2.75, 3.05) is 33.3 Å². The molecule has 6 nitrogen and oxygen atoms in total. The van der Waals surface area contributed by atoms with Gasteiger partial charge in [0, 0.05) is 26.2 Å². The number of methoxy groups -OCH3 is 1. The largest absolute Gasteiger partial charge is 0.468 e. The summed E-state index contributed by atoms with van der Waals surface area (Å²) in [6.45, 7) is 6.62. The third kappa shape index (κ3) is 3.37. The van der Waals surface area contributed by atoms with Crippen molar-refractivity contribution in [2.45, 2.75) is 32.4 Å². The van der Waals surface area contributed by atoms with Crippen molar-refractivity contribution in [1.82, 2.24) is 19.8 Å². The molecule has 1 aromatic heterocycles. The summed E-state index contributed by atoms with van der Waals surface area (Å²) in [5.41, 5.74) is 0.931. The highest BCUT2D eigenvalue weighted by atomic mass is 16.5. The molecule has 0 amide bonds. The van der Waals surface area contributed by atoms with E-state index in [4.69, 9.17) is 4.74 Å². The molecule has 0 spiro atoms. The molecule has 2 heterocycles. The van der Waals surface area contributed by atoms with E-state index < -0.39 is 0 Å². The minimum atomic E-state index is -0.353. The fraction of sp³-hybridized carbons (Fsp3) is 0.714. The third-order valence-electron chi connectivity index (χ3n) is 3.65. The van der Waals surface area contributed by atoms with Gasteiger partial charge in [-0.3, -0.25) is 4.90 Å². The molecule has 112 valence electrons. The first-order chi connectivity index (χ1) is 9.77. The summed E-state index contributed by atoms with van der Waals surface area (Å²) < 4.78 is 7.08. The van der Waals surface area contributed by atoms with Gasteiger partial charge in [0.15, 0.2) is 6.04 Å². The lowest BCUT2D eigenvalue weighted by molar-refractivity contribution is -0.147.